The van der Waals surface area contributed by atoms with Crippen molar-refractivity contribution in [3.8, 4) is 16.9 Å². The summed E-state index contributed by atoms with van der Waals surface area (Å²) in [5.74, 6) is -0.531. The summed E-state index contributed by atoms with van der Waals surface area (Å²) in [6.07, 6.45) is 1.46. The van der Waals surface area contributed by atoms with E-state index in [1.165, 1.54) is 18.3 Å². The fourth-order valence-corrected chi connectivity index (χ4v) is 3.85. The summed E-state index contributed by atoms with van der Waals surface area (Å²) >= 11 is 0. The molecule has 0 saturated carbocycles. The van der Waals surface area contributed by atoms with Crippen molar-refractivity contribution in [2.24, 2.45) is 10.7 Å². The van der Waals surface area contributed by atoms with Gasteiger partial charge in [0.1, 0.15) is 12.4 Å². The van der Waals surface area contributed by atoms with Gasteiger partial charge in [0.25, 0.3) is 6.02 Å². The van der Waals surface area contributed by atoms with Crippen LogP contribution in [0.3, 0.4) is 0 Å². The molecule has 2 heterocycles. The van der Waals surface area contributed by atoms with Gasteiger partial charge in [0.05, 0.1) is 0 Å². The molecule has 3 aromatic rings. The Morgan fingerprint density at radius 3 is 2.61 bits per heavy atom. The Balaban J connectivity index is 1.84. The molecule has 0 fully saturated rings. The molecule has 1 aromatic heterocycles. The van der Waals surface area contributed by atoms with Gasteiger partial charge >= 0.3 is 6.61 Å². The summed E-state index contributed by atoms with van der Waals surface area (Å²) in [6, 6.07) is 13.6. The molecule has 0 radical (unpaired) electrons. The van der Waals surface area contributed by atoms with Crippen LogP contribution in [0.1, 0.15) is 22.3 Å². The minimum Gasteiger partial charge on any atom is -0.462 e. The fourth-order valence-electron chi connectivity index (χ4n) is 3.85. The molecule has 0 bridgehead atoms. The highest BCUT2D eigenvalue weighted by atomic mass is 19.3. The number of aromatic nitrogens is 1. The normalized spacial score (nSPS) is 18.1. The van der Waals surface area contributed by atoms with Crippen LogP contribution in [0, 0.1) is 19.8 Å². The summed E-state index contributed by atoms with van der Waals surface area (Å²) in [5, 5.41) is 0. The fraction of sp³-hybridized carbons (Fsp3) is 0.217. The summed E-state index contributed by atoms with van der Waals surface area (Å²) in [6.45, 7) is 0.807. The van der Waals surface area contributed by atoms with Crippen molar-refractivity contribution in [2.45, 2.75) is 26.0 Å². The van der Waals surface area contributed by atoms with Gasteiger partial charge in [0, 0.05) is 11.8 Å². The Kier molecular flexibility index (Phi) is 5.31. The smallest absolute Gasteiger partial charge is 0.387 e. The highest BCUT2D eigenvalue weighted by molar-refractivity contribution is 5.76. The van der Waals surface area contributed by atoms with Crippen molar-refractivity contribution in [1.82, 2.24) is 4.98 Å². The molecule has 31 heavy (non-hydrogen) atoms. The maximum Gasteiger partial charge on any atom is 0.387 e. The van der Waals surface area contributed by atoms with Crippen LogP contribution < -0.4 is 10.5 Å². The standard InChI is InChI=1S/C23H20F3N3O2/c1-13-8-18(20(24)28-11-13)15-4-3-5-16(10-15)23(12-30-22(27)29-23)19-7-6-17(9-14(19)2)31-21(25)26/h3-11,21H,12H2,1-2H3,(H2,27,29). The van der Waals surface area contributed by atoms with E-state index in [1.54, 1.807) is 31.2 Å². The maximum atomic E-state index is 14.4. The number of alkyl halides is 2. The third-order valence-electron chi connectivity index (χ3n) is 5.23. The van der Waals surface area contributed by atoms with E-state index < -0.39 is 18.1 Å². The van der Waals surface area contributed by atoms with Gasteiger partial charge in [0.15, 0.2) is 5.54 Å². The highest BCUT2D eigenvalue weighted by Crippen LogP contribution is 2.41. The third kappa shape index (κ3) is 3.93. The second-order valence-electron chi connectivity index (χ2n) is 7.39. The molecule has 0 amide bonds. The molecule has 1 unspecified atom stereocenters. The second kappa shape index (κ2) is 7.94. The molecule has 1 aliphatic heterocycles. The summed E-state index contributed by atoms with van der Waals surface area (Å²) in [4.78, 5) is 8.36. The molecule has 1 aliphatic rings. The lowest BCUT2D eigenvalue weighted by Crippen LogP contribution is -2.28. The zero-order valence-corrected chi connectivity index (χ0v) is 16.9. The molecule has 2 N–H and O–H groups in total. The topological polar surface area (TPSA) is 69.7 Å². The Morgan fingerprint density at radius 1 is 1.13 bits per heavy atom. The van der Waals surface area contributed by atoms with Crippen LogP contribution in [0.2, 0.25) is 0 Å². The van der Waals surface area contributed by atoms with Crippen LogP contribution in [0.15, 0.2) is 59.7 Å². The van der Waals surface area contributed by atoms with Gasteiger partial charge in [-0.1, -0.05) is 24.3 Å². The van der Waals surface area contributed by atoms with E-state index in [4.69, 9.17) is 10.5 Å². The molecule has 5 nitrogen and oxygen atoms in total. The molecule has 1 atom stereocenters. The van der Waals surface area contributed by atoms with Crippen LogP contribution in [0.25, 0.3) is 11.1 Å². The largest absolute Gasteiger partial charge is 0.462 e. The number of pyridine rings is 1. The zero-order valence-electron chi connectivity index (χ0n) is 16.9. The van der Waals surface area contributed by atoms with E-state index >= 15 is 0 Å². The number of nitrogens with two attached hydrogens (primary N) is 1. The monoisotopic (exact) mass is 427 g/mol. The molecular weight excluding hydrogens is 407 g/mol. The first kappa shape index (κ1) is 20.7. The average Bonchev–Trinajstić information content (AvgIpc) is 3.12. The van der Waals surface area contributed by atoms with Crippen LogP contribution in [0.5, 0.6) is 5.75 Å². The molecule has 0 spiro atoms. The number of nitrogens with zero attached hydrogens (tertiary/aromatic N) is 2. The molecular formula is C23H20F3N3O2. The maximum absolute atomic E-state index is 14.4. The van der Waals surface area contributed by atoms with E-state index in [-0.39, 0.29) is 18.4 Å². The van der Waals surface area contributed by atoms with Crippen molar-refractivity contribution in [1.29, 1.82) is 0 Å². The molecule has 0 saturated heterocycles. The number of halogens is 3. The Labute approximate surface area is 177 Å². The van der Waals surface area contributed by atoms with E-state index in [9.17, 15) is 13.2 Å². The van der Waals surface area contributed by atoms with Gasteiger partial charge < -0.3 is 15.2 Å². The third-order valence-corrected chi connectivity index (χ3v) is 5.23. The minimum absolute atomic E-state index is 0.0149. The summed E-state index contributed by atoms with van der Waals surface area (Å²) in [7, 11) is 0. The summed E-state index contributed by atoms with van der Waals surface area (Å²) < 4.78 is 49.6. The number of ether oxygens (including phenoxy) is 2. The van der Waals surface area contributed by atoms with Gasteiger partial charge in [0.2, 0.25) is 5.95 Å². The lowest BCUT2D eigenvalue weighted by molar-refractivity contribution is -0.0498. The lowest BCUT2D eigenvalue weighted by atomic mass is 9.81. The number of rotatable bonds is 5. The Morgan fingerprint density at radius 2 is 1.94 bits per heavy atom. The number of aliphatic imine (C=N–C) groups is 1. The number of aryl methyl sites for hydroxylation is 2. The Hall–Kier alpha value is -3.55. The number of amidine groups is 1. The van der Waals surface area contributed by atoms with Crippen LogP contribution in [-0.2, 0) is 10.3 Å². The number of benzene rings is 2. The van der Waals surface area contributed by atoms with Crippen LogP contribution >= 0.6 is 0 Å². The predicted octanol–water partition coefficient (Wildman–Crippen LogP) is 4.69. The van der Waals surface area contributed by atoms with Gasteiger partial charge in [-0.25, -0.2) is 9.98 Å². The van der Waals surface area contributed by atoms with Crippen LogP contribution in [0.4, 0.5) is 13.2 Å². The van der Waals surface area contributed by atoms with Crippen molar-refractivity contribution < 1.29 is 22.6 Å². The lowest BCUT2D eigenvalue weighted by Gasteiger charge is -2.28. The number of hydrogen-bond donors (Lipinski definition) is 1. The average molecular weight is 427 g/mol. The predicted molar refractivity (Wildman–Crippen MR) is 111 cm³/mol. The van der Waals surface area contributed by atoms with Gasteiger partial charge in [-0.15, -0.1) is 0 Å². The summed E-state index contributed by atoms with van der Waals surface area (Å²) in [5.41, 5.74) is 8.78. The van der Waals surface area contributed by atoms with E-state index in [0.29, 0.717) is 16.7 Å². The zero-order chi connectivity index (χ0) is 22.2. The van der Waals surface area contributed by atoms with E-state index in [0.717, 1.165) is 16.7 Å². The van der Waals surface area contributed by atoms with Gasteiger partial charge in [-0.05, 0) is 65.9 Å². The first-order valence-electron chi connectivity index (χ1n) is 9.55. The molecule has 160 valence electrons. The molecule has 0 aliphatic carbocycles. The second-order valence-corrected chi connectivity index (χ2v) is 7.39. The van der Waals surface area contributed by atoms with Gasteiger partial charge in [-0.3, -0.25) is 0 Å². The van der Waals surface area contributed by atoms with Crippen molar-refractivity contribution in [3.63, 3.8) is 0 Å². The first-order chi connectivity index (χ1) is 14.8. The van der Waals surface area contributed by atoms with E-state index in [1.807, 2.05) is 19.1 Å². The molecule has 4 rings (SSSR count). The van der Waals surface area contributed by atoms with Crippen molar-refractivity contribution >= 4 is 6.02 Å². The SMILES string of the molecule is Cc1cnc(F)c(-c2cccc(C3(c4ccc(OC(F)F)cc4C)COC(N)=N3)c2)c1. The van der Waals surface area contributed by atoms with E-state index in [2.05, 4.69) is 14.7 Å². The Bertz CT molecular complexity index is 1170. The first-order valence-corrected chi connectivity index (χ1v) is 9.55. The molecule has 8 heteroatoms. The highest BCUT2D eigenvalue weighted by Gasteiger charge is 2.41. The minimum atomic E-state index is -2.92. The quantitative estimate of drug-likeness (QED) is 0.600. The van der Waals surface area contributed by atoms with Crippen LogP contribution in [-0.4, -0.2) is 24.2 Å². The molecule has 2 aromatic carbocycles. The van der Waals surface area contributed by atoms with Crippen molar-refractivity contribution in [2.75, 3.05) is 6.61 Å². The van der Waals surface area contributed by atoms with Gasteiger partial charge in [-0.2, -0.15) is 13.2 Å². The van der Waals surface area contributed by atoms with Crippen molar-refractivity contribution in [3.05, 3.63) is 82.9 Å². The number of hydrogen-bond acceptors (Lipinski definition) is 5.